The van der Waals surface area contributed by atoms with Gasteiger partial charge in [-0.2, -0.15) is 0 Å². The number of hydrogen-bond donors (Lipinski definition) is 2. The quantitative estimate of drug-likeness (QED) is 0.674. The molecule has 1 amide bonds. The van der Waals surface area contributed by atoms with Crippen LogP contribution in [-0.4, -0.2) is 25.7 Å². The van der Waals surface area contributed by atoms with E-state index < -0.39 is 0 Å². The van der Waals surface area contributed by atoms with Gasteiger partial charge in [0, 0.05) is 26.3 Å². The molecule has 1 fully saturated rings. The molecule has 0 aliphatic heterocycles. The van der Waals surface area contributed by atoms with E-state index in [1.165, 1.54) is 12.8 Å². The topological polar surface area (TPSA) is 64.4 Å². The molecule has 3 N–H and O–H groups in total. The highest BCUT2D eigenvalue weighted by atomic mass is 16.5. The minimum absolute atomic E-state index is 0.0627. The van der Waals surface area contributed by atoms with Crippen molar-refractivity contribution in [3.63, 3.8) is 0 Å². The molecule has 1 aliphatic carbocycles. The molecule has 4 heteroatoms. The highest BCUT2D eigenvalue weighted by molar-refractivity contribution is 5.78. The summed E-state index contributed by atoms with van der Waals surface area (Å²) in [6.07, 6.45) is 3.94. The lowest BCUT2D eigenvalue weighted by molar-refractivity contribution is -0.120. The van der Waals surface area contributed by atoms with Crippen LogP contribution in [0, 0.1) is 5.92 Å². The molecule has 1 aliphatic rings. The highest BCUT2D eigenvalue weighted by Gasteiger charge is 2.20. The number of carbonyl (C=O) groups is 1. The predicted octanol–water partition coefficient (Wildman–Crippen LogP) is 1.62. The fourth-order valence-corrected chi connectivity index (χ4v) is 1.98. The molecular weight excluding hydrogens is 252 g/mol. The number of ether oxygens (including phenoxy) is 1. The van der Waals surface area contributed by atoms with Gasteiger partial charge in [-0.05, 0) is 36.3 Å². The van der Waals surface area contributed by atoms with Crippen molar-refractivity contribution in [2.75, 3.05) is 19.8 Å². The number of carbonyl (C=O) groups excluding carboxylic acids is 1. The van der Waals surface area contributed by atoms with Crippen LogP contribution in [0.15, 0.2) is 24.3 Å². The van der Waals surface area contributed by atoms with E-state index in [2.05, 4.69) is 5.32 Å². The first kappa shape index (κ1) is 15.0. The fourth-order valence-electron chi connectivity index (χ4n) is 1.98. The Kier molecular flexibility index (Phi) is 6.02. The first-order valence-electron chi connectivity index (χ1n) is 7.40. The molecule has 1 aromatic carbocycles. The molecule has 20 heavy (non-hydrogen) atoms. The number of nitrogens with one attached hydrogen (secondary N) is 1. The Labute approximate surface area is 120 Å². The summed E-state index contributed by atoms with van der Waals surface area (Å²) < 4.78 is 5.52. The molecule has 0 aromatic heterocycles. The molecule has 0 unspecified atom stereocenters. The van der Waals surface area contributed by atoms with Crippen molar-refractivity contribution in [3.05, 3.63) is 35.4 Å². The molecule has 0 atom stereocenters. The largest absolute Gasteiger partial charge is 0.381 e. The molecule has 0 radical (unpaired) electrons. The third kappa shape index (κ3) is 5.72. The average Bonchev–Trinajstić information content (AvgIpc) is 3.27. The van der Waals surface area contributed by atoms with Crippen LogP contribution in [0.5, 0.6) is 0 Å². The maximum Gasteiger partial charge on any atom is 0.224 e. The van der Waals surface area contributed by atoms with E-state index in [0.29, 0.717) is 19.5 Å². The van der Waals surface area contributed by atoms with Crippen LogP contribution < -0.4 is 11.1 Å². The maximum atomic E-state index is 11.7. The van der Waals surface area contributed by atoms with Gasteiger partial charge < -0.3 is 15.8 Å². The Bertz CT molecular complexity index is 413. The molecule has 0 heterocycles. The number of benzene rings is 1. The van der Waals surface area contributed by atoms with Gasteiger partial charge in [0.25, 0.3) is 0 Å². The second-order valence-electron chi connectivity index (χ2n) is 5.42. The van der Waals surface area contributed by atoms with Crippen LogP contribution in [0.2, 0.25) is 0 Å². The van der Waals surface area contributed by atoms with E-state index >= 15 is 0 Å². The Hall–Kier alpha value is -1.39. The molecule has 4 nitrogen and oxygen atoms in total. The van der Waals surface area contributed by atoms with Crippen molar-refractivity contribution in [2.45, 2.75) is 32.2 Å². The first-order chi connectivity index (χ1) is 9.78. The molecule has 0 bridgehead atoms. The SMILES string of the molecule is NCc1ccc(CC(=O)NCCCOCC2CC2)cc1. The lowest BCUT2D eigenvalue weighted by Crippen LogP contribution is -2.26. The van der Waals surface area contributed by atoms with E-state index in [4.69, 9.17) is 10.5 Å². The van der Waals surface area contributed by atoms with Gasteiger partial charge >= 0.3 is 0 Å². The van der Waals surface area contributed by atoms with Crippen LogP contribution in [0.3, 0.4) is 0 Å². The standard InChI is InChI=1S/C16H24N2O2/c17-11-14-4-2-13(3-5-14)10-16(19)18-8-1-9-20-12-15-6-7-15/h2-5,15H,1,6-12,17H2,(H,18,19). The Morgan fingerprint density at radius 2 is 1.95 bits per heavy atom. The van der Waals surface area contributed by atoms with Gasteiger partial charge in [0.15, 0.2) is 0 Å². The normalized spacial score (nSPS) is 14.2. The molecule has 1 aromatic rings. The second kappa shape index (κ2) is 8.02. The van der Waals surface area contributed by atoms with Gasteiger partial charge in [-0.1, -0.05) is 24.3 Å². The zero-order valence-corrected chi connectivity index (χ0v) is 11.9. The number of amides is 1. The lowest BCUT2D eigenvalue weighted by Gasteiger charge is -2.06. The smallest absolute Gasteiger partial charge is 0.224 e. The molecule has 0 saturated heterocycles. The van der Waals surface area contributed by atoms with Crippen molar-refractivity contribution in [3.8, 4) is 0 Å². The van der Waals surface area contributed by atoms with Crippen molar-refractivity contribution in [1.29, 1.82) is 0 Å². The maximum absolute atomic E-state index is 11.7. The van der Waals surface area contributed by atoms with Crippen molar-refractivity contribution < 1.29 is 9.53 Å². The number of nitrogens with two attached hydrogens (primary N) is 1. The molecule has 1 saturated carbocycles. The third-order valence-electron chi connectivity index (χ3n) is 3.46. The summed E-state index contributed by atoms with van der Waals surface area (Å²) in [5, 5.41) is 2.92. The Balaban J connectivity index is 1.54. The Morgan fingerprint density at radius 1 is 1.25 bits per heavy atom. The summed E-state index contributed by atoms with van der Waals surface area (Å²) in [7, 11) is 0. The van der Waals surface area contributed by atoms with Crippen LogP contribution in [0.25, 0.3) is 0 Å². The first-order valence-corrected chi connectivity index (χ1v) is 7.40. The summed E-state index contributed by atoms with van der Waals surface area (Å²) in [4.78, 5) is 11.7. The highest BCUT2D eigenvalue weighted by Crippen LogP contribution is 2.28. The van der Waals surface area contributed by atoms with Crippen LogP contribution in [-0.2, 0) is 22.5 Å². The summed E-state index contributed by atoms with van der Waals surface area (Å²) in [6, 6.07) is 7.85. The minimum Gasteiger partial charge on any atom is -0.381 e. The fraction of sp³-hybridized carbons (Fsp3) is 0.562. The van der Waals surface area contributed by atoms with E-state index in [1.54, 1.807) is 0 Å². The van der Waals surface area contributed by atoms with Gasteiger partial charge in [0.05, 0.1) is 6.42 Å². The van der Waals surface area contributed by atoms with Gasteiger partial charge in [0.2, 0.25) is 5.91 Å². The van der Waals surface area contributed by atoms with Gasteiger partial charge in [-0.25, -0.2) is 0 Å². The van der Waals surface area contributed by atoms with E-state index in [1.807, 2.05) is 24.3 Å². The minimum atomic E-state index is 0.0627. The monoisotopic (exact) mass is 276 g/mol. The van der Waals surface area contributed by atoms with Crippen molar-refractivity contribution in [1.82, 2.24) is 5.32 Å². The molecule has 110 valence electrons. The zero-order chi connectivity index (χ0) is 14.2. The van der Waals surface area contributed by atoms with Crippen molar-refractivity contribution >= 4 is 5.91 Å². The van der Waals surface area contributed by atoms with E-state index in [-0.39, 0.29) is 5.91 Å². The van der Waals surface area contributed by atoms with Gasteiger partial charge in [-0.15, -0.1) is 0 Å². The number of rotatable bonds is 9. The van der Waals surface area contributed by atoms with Gasteiger partial charge in [0.1, 0.15) is 0 Å². The van der Waals surface area contributed by atoms with Crippen molar-refractivity contribution in [2.24, 2.45) is 11.7 Å². The second-order valence-corrected chi connectivity index (χ2v) is 5.42. The van der Waals surface area contributed by atoms with E-state index in [0.717, 1.165) is 36.7 Å². The zero-order valence-electron chi connectivity index (χ0n) is 11.9. The third-order valence-corrected chi connectivity index (χ3v) is 3.46. The van der Waals surface area contributed by atoms with Crippen LogP contribution >= 0.6 is 0 Å². The average molecular weight is 276 g/mol. The Morgan fingerprint density at radius 3 is 2.60 bits per heavy atom. The molecule has 2 rings (SSSR count). The summed E-state index contributed by atoms with van der Waals surface area (Å²) >= 11 is 0. The summed E-state index contributed by atoms with van der Waals surface area (Å²) in [5.74, 6) is 0.869. The van der Waals surface area contributed by atoms with E-state index in [9.17, 15) is 4.79 Å². The van der Waals surface area contributed by atoms with Gasteiger partial charge in [-0.3, -0.25) is 4.79 Å². The van der Waals surface area contributed by atoms with Crippen LogP contribution in [0.4, 0.5) is 0 Å². The number of hydrogen-bond acceptors (Lipinski definition) is 3. The summed E-state index contributed by atoms with van der Waals surface area (Å²) in [6.45, 7) is 2.85. The predicted molar refractivity (Wildman–Crippen MR) is 79.2 cm³/mol. The van der Waals surface area contributed by atoms with Crippen LogP contribution in [0.1, 0.15) is 30.4 Å². The summed E-state index contributed by atoms with van der Waals surface area (Å²) in [5.41, 5.74) is 7.64. The molecular formula is C16H24N2O2. The lowest BCUT2D eigenvalue weighted by atomic mass is 10.1. The molecule has 0 spiro atoms.